The van der Waals surface area contributed by atoms with Gasteiger partial charge < -0.3 is 14.0 Å². The zero-order chi connectivity index (χ0) is 16.4. The van der Waals surface area contributed by atoms with Crippen molar-refractivity contribution in [1.82, 2.24) is 5.16 Å². The van der Waals surface area contributed by atoms with E-state index in [0.717, 1.165) is 0 Å². The summed E-state index contributed by atoms with van der Waals surface area (Å²) in [5.74, 6) is -0.235. The Bertz CT molecular complexity index is 558. The Morgan fingerprint density at radius 2 is 2.18 bits per heavy atom. The molecule has 122 valence electrons. The van der Waals surface area contributed by atoms with Crippen molar-refractivity contribution in [2.24, 2.45) is 0 Å². The van der Waals surface area contributed by atoms with Gasteiger partial charge in [0.05, 0.1) is 18.9 Å². The van der Waals surface area contributed by atoms with Gasteiger partial charge in [0.25, 0.3) is 0 Å². The molecule has 1 fully saturated rings. The van der Waals surface area contributed by atoms with Crippen molar-refractivity contribution in [2.45, 2.75) is 51.6 Å². The molecule has 1 aliphatic rings. The third-order valence-electron chi connectivity index (χ3n) is 3.69. The Balaban J connectivity index is 2.16. The van der Waals surface area contributed by atoms with Crippen molar-refractivity contribution in [1.29, 1.82) is 0 Å². The first-order valence-electron chi connectivity index (χ1n) is 7.25. The molecule has 1 aromatic rings. The van der Waals surface area contributed by atoms with Gasteiger partial charge in [-0.15, -0.1) is 0 Å². The number of hydrogen-bond acceptors (Lipinski definition) is 6. The second kappa shape index (κ2) is 6.08. The Morgan fingerprint density at radius 3 is 2.73 bits per heavy atom. The van der Waals surface area contributed by atoms with Gasteiger partial charge >= 0.3 is 5.97 Å². The third kappa shape index (κ3) is 3.85. The average Bonchev–Trinajstić information content (AvgIpc) is 2.97. The molecule has 0 bridgehead atoms. The summed E-state index contributed by atoms with van der Waals surface area (Å²) in [6, 6.07) is 1.69. The predicted molar refractivity (Wildman–Crippen MR) is 78.4 cm³/mol. The van der Waals surface area contributed by atoms with Crippen LogP contribution in [0.3, 0.4) is 0 Å². The number of nitrogens with zero attached hydrogens (tertiary/aromatic N) is 1. The number of amides is 1. The minimum atomic E-state index is -0.636. The van der Waals surface area contributed by atoms with Crippen LogP contribution in [0.25, 0.3) is 0 Å². The summed E-state index contributed by atoms with van der Waals surface area (Å²) in [5, 5.41) is 6.58. The molecule has 0 aromatic carbocycles. The monoisotopic (exact) mass is 310 g/mol. The SMILES string of the molecule is CC(=O)Nc1cc(C(C)(C)CC2(OC(C)=O)CCOC2)no1. The normalized spacial score (nSPS) is 21.6. The number of esters is 1. The van der Waals surface area contributed by atoms with Crippen LogP contribution in [-0.2, 0) is 24.5 Å². The lowest BCUT2D eigenvalue weighted by Crippen LogP contribution is -2.41. The molecule has 0 radical (unpaired) electrons. The second-order valence-electron chi connectivity index (χ2n) is 6.40. The van der Waals surface area contributed by atoms with Crippen molar-refractivity contribution < 1.29 is 23.6 Å². The summed E-state index contributed by atoms with van der Waals surface area (Å²) < 4.78 is 16.1. The molecule has 1 atom stereocenters. The maximum absolute atomic E-state index is 11.4. The van der Waals surface area contributed by atoms with Crippen LogP contribution < -0.4 is 5.32 Å². The number of nitrogens with one attached hydrogen (secondary N) is 1. The van der Waals surface area contributed by atoms with Gasteiger partial charge in [-0.2, -0.15) is 0 Å². The number of rotatable bonds is 5. The highest BCUT2D eigenvalue weighted by molar-refractivity contribution is 5.87. The molecule has 1 aliphatic heterocycles. The molecule has 1 saturated heterocycles. The summed E-state index contributed by atoms with van der Waals surface area (Å²) >= 11 is 0. The van der Waals surface area contributed by atoms with E-state index < -0.39 is 11.0 Å². The fourth-order valence-corrected chi connectivity index (χ4v) is 2.87. The summed E-state index contributed by atoms with van der Waals surface area (Å²) in [5.41, 5.74) is -0.346. The second-order valence-corrected chi connectivity index (χ2v) is 6.40. The van der Waals surface area contributed by atoms with E-state index in [9.17, 15) is 9.59 Å². The fraction of sp³-hybridized carbons (Fsp3) is 0.667. The molecule has 0 saturated carbocycles. The van der Waals surface area contributed by atoms with Crippen LogP contribution in [-0.4, -0.2) is 35.8 Å². The summed E-state index contributed by atoms with van der Waals surface area (Å²) in [6.45, 7) is 7.74. The molecule has 0 spiro atoms. The zero-order valence-corrected chi connectivity index (χ0v) is 13.4. The summed E-state index contributed by atoms with van der Waals surface area (Å²) in [7, 11) is 0. The van der Waals surface area contributed by atoms with E-state index in [1.165, 1.54) is 13.8 Å². The summed E-state index contributed by atoms with van der Waals surface area (Å²) in [6.07, 6.45) is 1.22. The first kappa shape index (κ1) is 16.5. The van der Waals surface area contributed by atoms with Crippen LogP contribution >= 0.6 is 0 Å². The number of ether oxygens (including phenoxy) is 2. The van der Waals surface area contributed by atoms with Gasteiger partial charge in [0, 0.05) is 38.2 Å². The molecule has 1 N–H and O–H groups in total. The molecule has 2 rings (SSSR count). The van der Waals surface area contributed by atoms with Crippen LogP contribution in [0.15, 0.2) is 10.6 Å². The van der Waals surface area contributed by atoms with E-state index in [4.69, 9.17) is 14.0 Å². The zero-order valence-electron chi connectivity index (χ0n) is 13.4. The van der Waals surface area contributed by atoms with Crippen molar-refractivity contribution >= 4 is 17.8 Å². The van der Waals surface area contributed by atoms with Gasteiger partial charge in [0.15, 0.2) is 0 Å². The fourth-order valence-electron chi connectivity index (χ4n) is 2.87. The highest BCUT2D eigenvalue weighted by atomic mass is 16.6. The minimum Gasteiger partial charge on any atom is -0.457 e. The highest BCUT2D eigenvalue weighted by Gasteiger charge is 2.44. The van der Waals surface area contributed by atoms with Gasteiger partial charge in [-0.25, -0.2) is 0 Å². The van der Waals surface area contributed by atoms with Crippen molar-refractivity contribution in [3.8, 4) is 0 Å². The van der Waals surface area contributed by atoms with E-state index in [-0.39, 0.29) is 11.9 Å². The van der Waals surface area contributed by atoms with Gasteiger partial charge in [-0.05, 0) is 0 Å². The van der Waals surface area contributed by atoms with E-state index in [0.29, 0.717) is 37.6 Å². The molecule has 7 nitrogen and oxygen atoms in total. The van der Waals surface area contributed by atoms with Crippen LogP contribution in [0.4, 0.5) is 5.88 Å². The first-order valence-corrected chi connectivity index (χ1v) is 7.25. The molecule has 1 unspecified atom stereocenters. The molecular formula is C15H22N2O5. The van der Waals surface area contributed by atoms with Crippen molar-refractivity contribution in [3.63, 3.8) is 0 Å². The van der Waals surface area contributed by atoms with E-state index in [1.54, 1.807) is 6.07 Å². The molecule has 1 aromatic heterocycles. The van der Waals surface area contributed by atoms with Crippen LogP contribution in [0, 0.1) is 0 Å². The van der Waals surface area contributed by atoms with E-state index in [1.807, 2.05) is 13.8 Å². The Kier molecular flexibility index (Phi) is 4.55. The highest BCUT2D eigenvalue weighted by Crippen LogP contribution is 2.38. The number of anilines is 1. The quantitative estimate of drug-likeness (QED) is 0.837. The summed E-state index contributed by atoms with van der Waals surface area (Å²) in [4.78, 5) is 22.4. The van der Waals surface area contributed by atoms with Gasteiger partial charge in [0.2, 0.25) is 11.8 Å². The lowest BCUT2D eigenvalue weighted by molar-refractivity contribution is -0.159. The molecular weight excluding hydrogens is 288 g/mol. The molecule has 0 aliphatic carbocycles. The van der Waals surface area contributed by atoms with Crippen LogP contribution in [0.2, 0.25) is 0 Å². The Hall–Kier alpha value is -1.89. The number of aromatic nitrogens is 1. The lowest BCUT2D eigenvalue weighted by atomic mass is 9.77. The third-order valence-corrected chi connectivity index (χ3v) is 3.69. The maximum atomic E-state index is 11.4. The smallest absolute Gasteiger partial charge is 0.303 e. The van der Waals surface area contributed by atoms with E-state index >= 15 is 0 Å². The Morgan fingerprint density at radius 1 is 1.45 bits per heavy atom. The average molecular weight is 310 g/mol. The maximum Gasteiger partial charge on any atom is 0.303 e. The number of carbonyl (C=O) groups excluding carboxylic acids is 2. The standard InChI is InChI=1S/C15H22N2O5/c1-10(18)16-13-7-12(17-22-13)14(3,4)8-15(21-11(2)19)5-6-20-9-15/h7H,5-6,8-9H2,1-4H3,(H,16,18). The first-order chi connectivity index (χ1) is 10.2. The van der Waals surface area contributed by atoms with Gasteiger partial charge in [-0.3, -0.25) is 14.9 Å². The van der Waals surface area contributed by atoms with E-state index in [2.05, 4.69) is 10.5 Å². The van der Waals surface area contributed by atoms with Gasteiger partial charge in [0.1, 0.15) is 5.60 Å². The van der Waals surface area contributed by atoms with Crippen molar-refractivity contribution in [2.75, 3.05) is 18.5 Å². The van der Waals surface area contributed by atoms with Gasteiger partial charge in [-0.1, -0.05) is 19.0 Å². The topological polar surface area (TPSA) is 90.7 Å². The van der Waals surface area contributed by atoms with Crippen LogP contribution in [0.5, 0.6) is 0 Å². The van der Waals surface area contributed by atoms with Crippen LogP contribution in [0.1, 0.15) is 46.2 Å². The largest absolute Gasteiger partial charge is 0.457 e. The molecule has 7 heteroatoms. The lowest BCUT2D eigenvalue weighted by Gasteiger charge is -2.34. The molecule has 2 heterocycles. The molecule has 22 heavy (non-hydrogen) atoms. The minimum absolute atomic E-state index is 0.221. The predicted octanol–water partition coefficient (Wildman–Crippen LogP) is 2.02. The molecule has 1 amide bonds. The number of hydrogen-bond donors (Lipinski definition) is 1. The Labute approximate surface area is 129 Å². The number of carbonyl (C=O) groups is 2. The van der Waals surface area contributed by atoms with Crippen molar-refractivity contribution in [3.05, 3.63) is 11.8 Å².